The summed E-state index contributed by atoms with van der Waals surface area (Å²) in [5, 5.41) is 0.534. The predicted molar refractivity (Wildman–Crippen MR) is 89.8 cm³/mol. The molecule has 0 aromatic carbocycles. The zero-order valence-electron chi connectivity index (χ0n) is 14.0. The van der Waals surface area contributed by atoms with E-state index in [2.05, 4.69) is 23.7 Å². The van der Waals surface area contributed by atoms with Gasteiger partial charge in [-0.25, -0.2) is 9.78 Å². The van der Waals surface area contributed by atoms with Crippen molar-refractivity contribution in [2.45, 2.75) is 33.6 Å². The highest BCUT2D eigenvalue weighted by atomic mass is 16.2. The van der Waals surface area contributed by atoms with E-state index in [4.69, 9.17) is 0 Å². The number of rotatable bonds is 5. The number of hydrogen-bond donors (Lipinski definition) is 0. The van der Waals surface area contributed by atoms with E-state index in [0.29, 0.717) is 11.0 Å². The summed E-state index contributed by atoms with van der Waals surface area (Å²) in [6.45, 7) is 7.95. The summed E-state index contributed by atoms with van der Waals surface area (Å²) < 4.78 is 2.60. The van der Waals surface area contributed by atoms with Crippen LogP contribution in [0.25, 0.3) is 11.0 Å². The lowest BCUT2D eigenvalue weighted by Gasteiger charge is -2.27. The molecule has 120 valence electrons. The van der Waals surface area contributed by atoms with Crippen molar-refractivity contribution in [3.05, 3.63) is 32.6 Å². The zero-order chi connectivity index (χ0) is 16.4. The van der Waals surface area contributed by atoms with Crippen LogP contribution in [0.1, 0.15) is 32.3 Å². The van der Waals surface area contributed by atoms with Gasteiger partial charge in [0.15, 0.2) is 5.65 Å². The van der Waals surface area contributed by atoms with Crippen LogP contribution in [0.15, 0.2) is 15.8 Å². The number of aryl methyl sites for hydroxylation is 2. The average Bonchev–Trinajstić information content (AvgIpc) is 2.50. The zero-order valence-corrected chi connectivity index (χ0v) is 14.0. The Labute approximate surface area is 130 Å². The Balaban J connectivity index is 2.92. The molecule has 0 spiro atoms. The maximum atomic E-state index is 12.7. The van der Waals surface area contributed by atoms with Gasteiger partial charge >= 0.3 is 5.69 Å². The Hall–Kier alpha value is -2.11. The Kier molecular flexibility index (Phi) is 4.68. The fraction of sp³-hybridized carbons (Fsp3) is 0.562. The highest BCUT2D eigenvalue weighted by molar-refractivity contribution is 5.90. The van der Waals surface area contributed by atoms with Crippen LogP contribution < -0.4 is 16.1 Å². The first-order valence-electron chi connectivity index (χ1n) is 7.74. The van der Waals surface area contributed by atoms with Crippen molar-refractivity contribution in [2.75, 3.05) is 18.0 Å². The largest absolute Gasteiger partial charge is 0.371 e. The van der Waals surface area contributed by atoms with Gasteiger partial charge < -0.3 is 4.90 Å². The van der Waals surface area contributed by atoms with Crippen LogP contribution in [0.5, 0.6) is 0 Å². The van der Waals surface area contributed by atoms with Crippen molar-refractivity contribution in [3.63, 3.8) is 0 Å². The number of nitrogens with zero attached hydrogens (tertiary/aromatic N) is 4. The topological polar surface area (TPSA) is 60.1 Å². The third-order valence-electron chi connectivity index (χ3n) is 3.93. The molecule has 0 radical (unpaired) electrons. The van der Waals surface area contributed by atoms with Crippen LogP contribution in [-0.2, 0) is 14.1 Å². The van der Waals surface area contributed by atoms with E-state index >= 15 is 0 Å². The molecule has 2 heterocycles. The Morgan fingerprint density at radius 3 is 2.23 bits per heavy atom. The summed E-state index contributed by atoms with van der Waals surface area (Å²) in [4.78, 5) is 31.3. The Bertz CT molecular complexity index is 798. The van der Waals surface area contributed by atoms with Gasteiger partial charge in [0.2, 0.25) is 0 Å². The molecule has 0 fully saturated rings. The fourth-order valence-electron chi connectivity index (χ4n) is 2.89. The first-order valence-corrected chi connectivity index (χ1v) is 7.74. The molecular weight excluding hydrogens is 280 g/mol. The summed E-state index contributed by atoms with van der Waals surface area (Å²) in [5.74, 6) is 0. The SMILES string of the molecule is CCCN(CCC)c1c(C)cnc2c1c(=O)n(C)c(=O)n2C. The molecule has 0 bridgehead atoms. The van der Waals surface area contributed by atoms with E-state index in [0.717, 1.165) is 41.7 Å². The molecular formula is C16H24N4O2. The fourth-order valence-corrected chi connectivity index (χ4v) is 2.89. The third-order valence-corrected chi connectivity index (χ3v) is 3.93. The number of anilines is 1. The highest BCUT2D eigenvalue weighted by Gasteiger charge is 2.19. The Morgan fingerprint density at radius 2 is 1.68 bits per heavy atom. The van der Waals surface area contributed by atoms with Gasteiger partial charge in [-0.05, 0) is 25.3 Å². The third kappa shape index (κ3) is 2.53. The molecule has 2 rings (SSSR count). The lowest BCUT2D eigenvalue weighted by Crippen LogP contribution is -2.38. The molecule has 0 aliphatic carbocycles. The van der Waals surface area contributed by atoms with Crippen LogP contribution in [0.3, 0.4) is 0 Å². The van der Waals surface area contributed by atoms with Crippen molar-refractivity contribution < 1.29 is 0 Å². The minimum Gasteiger partial charge on any atom is -0.371 e. The molecule has 0 atom stereocenters. The molecule has 2 aromatic rings. The van der Waals surface area contributed by atoms with E-state index in [1.807, 2.05) is 6.92 Å². The van der Waals surface area contributed by atoms with Crippen LogP contribution >= 0.6 is 0 Å². The highest BCUT2D eigenvalue weighted by Crippen LogP contribution is 2.26. The molecule has 6 heteroatoms. The molecule has 0 N–H and O–H groups in total. The van der Waals surface area contributed by atoms with Crippen molar-refractivity contribution in [2.24, 2.45) is 14.1 Å². The predicted octanol–water partition coefficient (Wildman–Crippen LogP) is 1.57. The van der Waals surface area contributed by atoms with Gasteiger partial charge in [-0.2, -0.15) is 0 Å². The lowest BCUT2D eigenvalue weighted by molar-refractivity contribution is 0.703. The van der Waals surface area contributed by atoms with E-state index in [1.54, 1.807) is 13.2 Å². The first kappa shape index (κ1) is 16.3. The molecule has 0 unspecified atom stereocenters. The van der Waals surface area contributed by atoms with Crippen LogP contribution in [0.4, 0.5) is 5.69 Å². The lowest BCUT2D eigenvalue weighted by atomic mass is 10.1. The van der Waals surface area contributed by atoms with E-state index in [9.17, 15) is 9.59 Å². The van der Waals surface area contributed by atoms with Gasteiger partial charge in [0.1, 0.15) is 5.39 Å². The number of fused-ring (bicyclic) bond motifs is 1. The summed E-state index contributed by atoms with van der Waals surface area (Å²) in [5.41, 5.74) is 1.69. The minimum atomic E-state index is -0.350. The smallest absolute Gasteiger partial charge is 0.332 e. The van der Waals surface area contributed by atoms with Gasteiger partial charge in [-0.15, -0.1) is 0 Å². The summed E-state index contributed by atoms with van der Waals surface area (Å²) >= 11 is 0. The average molecular weight is 304 g/mol. The van der Waals surface area contributed by atoms with Gasteiger partial charge in [0.25, 0.3) is 5.56 Å². The molecule has 6 nitrogen and oxygen atoms in total. The summed E-state index contributed by atoms with van der Waals surface area (Å²) in [6.07, 6.45) is 3.74. The first-order chi connectivity index (χ1) is 10.4. The van der Waals surface area contributed by atoms with E-state index < -0.39 is 0 Å². The molecule has 22 heavy (non-hydrogen) atoms. The second kappa shape index (κ2) is 6.34. The van der Waals surface area contributed by atoms with Crippen molar-refractivity contribution in [1.82, 2.24) is 14.1 Å². The van der Waals surface area contributed by atoms with Gasteiger partial charge in [0.05, 0.1) is 5.69 Å². The minimum absolute atomic E-state index is 0.276. The monoisotopic (exact) mass is 304 g/mol. The normalized spacial score (nSPS) is 11.1. The van der Waals surface area contributed by atoms with Crippen LogP contribution in [0.2, 0.25) is 0 Å². The van der Waals surface area contributed by atoms with Gasteiger partial charge in [0, 0.05) is 33.4 Å². The quantitative estimate of drug-likeness (QED) is 0.841. The Morgan fingerprint density at radius 1 is 1.09 bits per heavy atom. The number of aromatic nitrogens is 3. The van der Waals surface area contributed by atoms with E-state index in [-0.39, 0.29) is 11.2 Å². The van der Waals surface area contributed by atoms with Crippen molar-refractivity contribution in [3.8, 4) is 0 Å². The molecule has 0 aliphatic rings. The van der Waals surface area contributed by atoms with Crippen molar-refractivity contribution >= 4 is 16.7 Å². The van der Waals surface area contributed by atoms with Crippen molar-refractivity contribution in [1.29, 1.82) is 0 Å². The molecule has 0 saturated heterocycles. The van der Waals surface area contributed by atoms with Crippen LogP contribution in [0, 0.1) is 6.92 Å². The molecule has 0 amide bonds. The molecule has 2 aromatic heterocycles. The molecule has 0 saturated carbocycles. The molecule has 0 aliphatic heterocycles. The second-order valence-corrected chi connectivity index (χ2v) is 5.68. The van der Waals surface area contributed by atoms with Crippen LogP contribution in [-0.4, -0.2) is 27.2 Å². The summed E-state index contributed by atoms with van der Waals surface area (Å²) in [6, 6.07) is 0. The standard InChI is InChI=1S/C16H24N4O2/c1-6-8-20(9-7-2)13-11(3)10-17-14-12(13)15(21)19(5)16(22)18(14)4/h10H,6-9H2,1-5H3. The summed E-state index contributed by atoms with van der Waals surface area (Å²) in [7, 11) is 3.17. The van der Waals surface area contributed by atoms with Gasteiger partial charge in [-0.1, -0.05) is 13.8 Å². The maximum Gasteiger partial charge on any atom is 0.332 e. The van der Waals surface area contributed by atoms with Gasteiger partial charge in [-0.3, -0.25) is 13.9 Å². The number of pyridine rings is 1. The maximum absolute atomic E-state index is 12.7. The second-order valence-electron chi connectivity index (χ2n) is 5.68. The van der Waals surface area contributed by atoms with E-state index in [1.165, 1.54) is 11.6 Å². The number of hydrogen-bond acceptors (Lipinski definition) is 4.